The Hall–Kier alpha value is -3.58. The van der Waals surface area contributed by atoms with Crippen LogP contribution in [0.3, 0.4) is 0 Å². The number of nitrogens with zero attached hydrogens (tertiary/aromatic N) is 1. The van der Waals surface area contributed by atoms with Gasteiger partial charge in [-0.15, -0.1) is 0 Å². The van der Waals surface area contributed by atoms with Gasteiger partial charge in [0.05, 0.1) is 12.0 Å². The predicted octanol–water partition coefficient (Wildman–Crippen LogP) is 5.13. The molecule has 6 nitrogen and oxygen atoms in total. The van der Waals surface area contributed by atoms with E-state index >= 15 is 0 Å². The van der Waals surface area contributed by atoms with E-state index in [0.29, 0.717) is 17.1 Å². The summed E-state index contributed by atoms with van der Waals surface area (Å²) in [6.07, 6.45) is 0. The highest BCUT2D eigenvalue weighted by Crippen LogP contribution is 2.28. The Balaban J connectivity index is 1.51. The summed E-state index contributed by atoms with van der Waals surface area (Å²) in [5.74, 6) is 1.36. The zero-order valence-electron chi connectivity index (χ0n) is 16.5. The van der Waals surface area contributed by atoms with E-state index in [0.717, 1.165) is 22.4 Å². The number of anilines is 1. The van der Waals surface area contributed by atoms with Crippen molar-refractivity contribution in [2.75, 3.05) is 11.8 Å². The number of sulfonamides is 1. The van der Waals surface area contributed by atoms with Gasteiger partial charge in [-0.1, -0.05) is 22.9 Å². The standard InChI is InChI=1S/C23H20N2O4S/c1-16-3-13-21(14-4-16)30(26,27)25-19-9-5-18(6-10-19)23-15-22(24-29-23)17-7-11-20(28-2)12-8-17/h3-15,25H,1-2H3. The summed E-state index contributed by atoms with van der Waals surface area (Å²) in [5, 5.41) is 4.12. The molecule has 152 valence electrons. The minimum absolute atomic E-state index is 0.219. The zero-order valence-corrected chi connectivity index (χ0v) is 17.3. The molecular weight excluding hydrogens is 400 g/mol. The van der Waals surface area contributed by atoms with Gasteiger partial charge < -0.3 is 9.26 Å². The maximum atomic E-state index is 12.5. The lowest BCUT2D eigenvalue weighted by Crippen LogP contribution is -2.12. The molecule has 0 aliphatic heterocycles. The van der Waals surface area contributed by atoms with Crippen molar-refractivity contribution >= 4 is 15.7 Å². The number of benzene rings is 3. The summed E-state index contributed by atoms with van der Waals surface area (Å²) in [6.45, 7) is 1.91. The van der Waals surface area contributed by atoms with Gasteiger partial charge in [-0.25, -0.2) is 8.42 Å². The lowest BCUT2D eigenvalue weighted by atomic mass is 10.1. The Morgan fingerprint density at radius 2 is 1.50 bits per heavy atom. The van der Waals surface area contributed by atoms with Crippen LogP contribution in [0.4, 0.5) is 5.69 Å². The Labute approximate surface area is 175 Å². The van der Waals surface area contributed by atoms with Crippen molar-refractivity contribution in [2.45, 2.75) is 11.8 Å². The Morgan fingerprint density at radius 3 is 2.13 bits per heavy atom. The third-order valence-electron chi connectivity index (χ3n) is 4.65. The molecule has 1 N–H and O–H groups in total. The molecule has 0 spiro atoms. The molecule has 4 rings (SSSR count). The fourth-order valence-electron chi connectivity index (χ4n) is 2.94. The van der Waals surface area contributed by atoms with Crippen molar-refractivity contribution < 1.29 is 17.7 Å². The molecule has 7 heteroatoms. The Bertz CT molecular complexity index is 1240. The third-order valence-corrected chi connectivity index (χ3v) is 6.05. The summed E-state index contributed by atoms with van der Waals surface area (Å²) < 4.78 is 38.3. The molecule has 4 aromatic rings. The quantitative estimate of drug-likeness (QED) is 0.468. The maximum Gasteiger partial charge on any atom is 0.261 e. The number of hydrogen-bond acceptors (Lipinski definition) is 5. The van der Waals surface area contributed by atoms with Gasteiger partial charge in [0.15, 0.2) is 5.76 Å². The lowest BCUT2D eigenvalue weighted by Gasteiger charge is -2.08. The van der Waals surface area contributed by atoms with Crippen LogP contribution in [-0.4, -0.2) is 20.7 Å². The normalized spacial score (nSPS) is 11.3. The van der Waals surface area contributed by atoms with E-state index in [1.807, 2.05) is 37.3 Å². The number of aryl methyl sites for hydroxylation is 1. The van der Waals surface area contributed by atoms with E-state index in [4.69, 9.17) is 9.26 Å². The SMILES string of the molecule is COc1ccc(-c2cc(-c3ccc(NS(=O)(=O)c4ccc(C)cc4)cc3)on2)cc1. The number of ether oxygens (including phenoxy) is 1. The third kappa shape index (κ3) is 4.21. The molecule has 0 fully saturated rings. The van der Waals surface area contributed by atoms with Crippen LogP contribution in [0, 0.1) is 6.92 Å². The Kier molecular flexibility index (Phi) is 5.29. The molecule has 3 aromatic carbocycles. The van der Waals surface area contributed by atoms with E-state index < -0.39 is 10.0 Å². The number of methoxy groups -OCH3 is 1. The number of nitrogens with one attached hydrogen (secondary N) is 1. The first-order valence-corrected chi connectivity index (χ1v) is 10.7. The number of hydrogen-bond donors (Lipinski definition) is 1. The first-order chi connectivity index (χ1) is 14.4. The Morgan fingerprint density at radius 1 is 0.867 bits per heavy atom. The average Bonchev–Trinajstić information content (AvgIpc) is 3.25. The van der Waals surface area contributed by atoms with Gasteiger partial charge in [0, 0.05) is 22.9 Å². The molecule has 0 aliphatic carbocycles. The molecule has 0 radical (unpaired) electrons. The van der Waals surface area contributed by atoms with Gasteiger partial charge in [-0.3, -0.25) is 4.72 Å². The van der Waals surface area contributed by atoms with Crippen LogP contribution >= 0.6 is 0 Å². The highest BCUT2D eigenvalue weighted by molar-refractivity contribution is 7.92. The molecule has 1 aromatic heterocycles. The van der Waals surface area contributed by atoms with Crippen molar-refractivity contribution in [1.82, 2.24) is 5.16 Å². The van der Waals surface area contributed by atoms with Crippen LogP contribution in [-0.2, 0) is 10.0 Å². The summed E-state index contributed by atoms with van der Waals surface area (Å²) in [4.78, 5) is 0.219. The minimum atomic E-state index is -3.64. The molecule has 0 aliphatic rings. The zero-order chi connectivity index (χ0) is 21.1. The van der Waals surface area contributed by atoms with Crippen LogP contribution in [0.25, 0.3) is 22.6 Å². The van der Waals surface area contributed by atoms with Crippen molar-refractivity contribution in [3.05, 3.63) is 84.4 Å². The summed E-state index contributed by atoms with van der Waals surface area (Å²) >= 11 is 0. The first kappa shape index (κ1) is 19.7. The van der Waals surface area contributed by atoms with E-state index in [-0.39, 0.29) is 4.90 Å². The van der Waals surface area contributed by atoms with Crippen LogP contribution in [0.1, 0.15) is 5.56 Å². The van der Waals surface area contributed by atoms with Gasteiger partial charge in [-0.2, -0.15) is 0 Å². The van der Waals surface area contributed by atoms with Gasteiger partial charge in [0.25, 0.3) is 10.0 Å². The van der Waals surface area contributed by atoms with E-state index in [2.05, 4.69) is 9.88 Å². The molecule has 0 amide bonds. The maximum absolute atomic E-state index is 12.5. The molecule has 0 unspecified atom stereocenters. The predicted molar refractivity (Wildman–Crippen MR) is 116 cm³/mol. The van der Waals surface area contributed by atoms with Gasteiger partial charge in [0.1, 0.15) is 11.4 Å². The summed E-state index contributed by atoms with van der Waals surface area (Å²) in [7, 11) is -2.02. The van der Waals surface area contributed by atoms with E-state index in [9.17, 15) is 8.42 Å². The van der Waals surface area contributed by atoms with Crippen LogP contribution in [0.2, 0.25) is 0 Å². The molecule has 0 saturated carbocycles. The summed E-state index contributed by atoms with van der Waals surface area (Å²) in [5.41, 5.74) is 3.87. The van der Waals surface area contributed by atoms with Crippen molar-refractivity contribution in [2.24, 2.45) is 0 Å². The van der Waals surface area contributed by atoms with Crippen LogP contribution < -0.4 is 9.46 Å². The second-order valence-electron chi connectivity index (χ2n) is 6.80. The average molecular weight is 420 g/mol. The van der Waals surface area contributed by atoms with Gasteiger partial charge in [-0.05, 0) is 67.6 Å². The first-order valence-electron chi connectivity index (χ1n) is 9.26. The molecule has 0 bridgehead atoms. The summed E-state index contributed by atoms with van der Waals surface area (Å²) in [6, 6.07) is 23.0. The molecule has 1 heterocycles. The smallest absolute Gasteiger partial charge is 0.261 e. The molecular formula is C23H20N2O4S. The number of rotatable bonds is 6. The minimum Gasteiger partial charge on any atom is -0.497 e. The monoisotopic (exact) mass is 420 g/mol. The van der Waals surface area contributed by atoms with Crippen molar-refractivity contribution in [1.29, 1.82) is 0 Å². The largest absolute Gasteiger partial charge is 0.497 e. The second kappa shape index (κ2) is 8.04. The molecule has 0 atom stereocenters. The topological polar surface area (TPSA) is 81.4 Å². The van der Waals surface area contributed by atoms with Crippen molar-refractivity contribution in [3.8, 4) is 28.3 Å². The van der Waals surface area contributed by atoms with Crippen LogP contribution in [0.15, 0.2) is 88.3 Å². The highest BCUT2D eigenvalue weighted by Gasteiger charge is 2.14. The van der Waals surface area contributed by atoms with Crippen molar-refractivity contribution in [3.63, 3.8) is 0 Å². The van der Waals surface area contributed by atoms with Gasteiger partial charge >= 0.3 is 0 Å². The molecule has 30 heavy (non-hydrogen) atoms. The van der Waals surface area contributed by atoms with Gasteiger partial charge in [0.2, 0.25) is 0 Å². The van der Waals surface area contributed by atoms with E-state index in [1.165, 1.54) is 0 Å². The van der Waals surface area contributed by atoms with E-state index in [1.54, 1.807) is 55.6 Å². The second-order valence-corrected chi connectivity index (χ2v) is 8.48. The van der Waals surface area contributed by atoms with Crippen LogP contribution in [0.5, 0.6) is 5.75 Å². The highest BCUT2D eigenvalue weighted by atomic mass is 32.2. The lowest BCUT2D eigenvalue weighted by molar-refractivity contribution is 0.415. The fraction of sp³-hybridized carbons (Fsp3) is 0.0870. The fourth-order valence-corrected chi connectivity index (χ4v) is 4.00. The molecule has 0 saturated heterocycles. The number of aromatic nitrogens is 1.